The summed E-state index contributed by atoms with van der Waals surface area (Å²) in [7, 11) is 0. The second-order valence-corrected chi connectivity index (χ2v) is 7.44. The number of aromatic amines is 2. The van der Waals surface area contributed by atoms with E-state index in [0.717, 1.165) is 46.3 Å². The van der Waals surface area contributed by atoms with Crippen LogP contribution < -0.4 is 5.56 Å². The zero-order valence-electron chi connectivity index (χ0n) is 12.7. The summed E-state index contributed by atoms with van der Waals surface area (Å²) >= 11 is 6.60. The third-order valence-electron chi connectivity index (χ3n) is 4.63. The first-order valence-corrected chi connectivity index (χ1v) is 9.11. The monoisotopic (exact) mass is 351 g/mol. The summed E-state index contributed by atoms with van der Waals surface area (Å²) in [6.45, 7) is 0. The number of fused-ring (bicyclic) bond motifs is 5. The van der Waals surface area contributed by atoms with E-state index in [4.69, 9.17) is 17.2 Å². The molecular weight excluding hydrogens is 338 g/mol. The lowest BCUT2D eigenvalue weighted by molar-refractivity contribution is 0.913. The van der Waals surface area contributed by atoms with Gasteiger partial charge in [0.1, 0.15) is 9.53 Å². The fraction of sp³-hybridized carbons (Fsp3) is 0.167. The Morgan fingerprint density at radius 2 is 1.88 bits per heavy atom. The lowest BCUT2D eigenvalue weighted by Crippen LogP contribution is -2.05. The standard InChI is InChI=1S/C18H13N3OS2/c22-16-15-14(20-18(23)21-16)12-10-7-4-8-11(10)13(19-17(12)24-15)9-5-2-1-3-6-9/h1-3,5-6H,4,7-8H2,(H2,20,21,22,23). The zero-order chi connectivity index (χ0) is 16.3. The molecule has 6 heteroatoms. The van der Waals surface area contributed by atoms with Gasteiger partial charge in [0.2, 0.25) is 0 Å². The molecule has 0 saturated carbocycles. The van der Waals surface area contributed by atoms with Crippen LogP contribution in [-0.2, 0) is 12.8 Å². The van der Waals surface area contributed by atoms with Crippen LogP contribution in [0.3, 0.4) is 0 Å². The Hall–Kier alpha value is -2.31. The van der Waals surface area contributed by atoms with Crippen molar-refractivity contribution >= 4 is 44.0 Å². The fourth-order valence-electron chi connectivity index (χ4n) is 3.65. The third kappa shape index (κ3) is 1.93. The van der Waals surface area contributed by atoms with Crippen molar-refractivity contribution in [1.82, 2.24) is 15.0 Å². The van der Waals surface area contributed by atoms with E-state index in [1.54, 1.807) is 0 Å². The molecule has 0 unspecified atom stereocenters. The summed E-state index contributed by atoms with van der Waals surface area (Å²) in [5.41, 5.74) is 5.53. The Kier molecular flexibility index (Phi) is 2.98. The Morgan fingerprint density at radius 3 is 2.71 bits per heavy atom. The van der Waals surface area contributed by atoms with E-state index in [9.17, 15) is 4.79 Å². The first-order chi connectivity index (χ1) is 11.7. The predicted molar refractivity (Wildman–Crippen MR) is 100 cm³/mol. The molecule has 2 N–H and O–H groups in total. The minimum Gasteiger partial charge on any atom is -0.330 e. The second-order valence-electron chi connectivity index (χ2n) is 6.03. The average molecular weight is 351 g/mol. The minimum atomic E-state index is -0.134. The predicted octanol–water partition coefficient (Wildman–Crippen LogP) is 4.35. The lowest BCUT2D eigenvalue weighted by Gasteiger charge is -2.09. The molecule has 1 aliphatic rings. The molecule has 3 heterocycles. The van der Waals surface area contributed by atoms with Crippen LogP contribution in [0.4, 0.5) is 0 Å². The molecule has 3 aromatic heterocycles. The number of nitrogens with one attached hydrogen (secondary N) is 2. The molecular formula is C18H13N3OS2. The molecule has 1 aromatic carbocycles. The van der Waals surface area contributed by atoms with E-state index >= 15 is 0 Å². The number of aromatic nitrogens is 3. The van der Waals surface area contributed by atoms with Crippen LogP contribution in [-0.4, -0.2) is 15.0 Å². The summed E-state index contributed by atoms with van der Waals surface area (Å²) in [5, 5.41) is 1.08. The molecule has 0 saturated heterocycles. The van der Waals surface area contributed by atoms with Crippen molar-refractivity contribution in [2.45, 2.75) is 19.3 Å². The van der Waals surface area contributed by atoms with Crippen LogP contribution in [0.5, 0.6) is 0 Å². The second kappa shape index (κ2) is 5.09. The van der Waals surface area contributed by atoms with Gasteiger partial charge in [-0.25, -0.2) is 4.98 Å². The average Bonchev–Trinajstić information content (AvgIpc) is 3.19. The fourth-order valence-corrected chi connectivity index (χ4v) is 4.90. The topological polar surface area (TPSA) is 61.5 Å². The van der Waals surface area contributed by atoms with Crippen LogP contribution >= 0.6 is 23.6 Å². The Bertz CT molecular complexity index is 1220. The van der Waals surface area contributed by atoms with E-state index in [1.807, 2.05) is 18.2 Å². The van der Waals surface area contributed by atoms with Gasteiger partial charge in [-0.05, 0) is 42.6 Å². The molecule has 0 radical (unpaired) electrons. The van der Waals surface area contributed by atoms with Crippen LogP contribution in [0, 0.1) is 4.77 Å². The van der Waals surface area contributed by atoms with Crippen molar-refractivity contribution in [2.75, 3.05) is 0 Å². The number of hydrogen-bond acceptors (Lipinski definition) is 4. The van der Waals surface area contributed by atoms with Crippen molar-refractivity contribution in [2.24, 2.45) is 0 Å². The van der Waals surface area contributed by atoms with Gasteiger partial charge in [-0.15, -0.1) is 11.3 Å². The highest BCUT2D eigenvalue weighted by atomic mass is 32.1. The molecule has 4 aromatic rings. The highest BCUT2D eigenvalue weighted by molar-refractivity contribution is 7.71. The molecule has 0 bridgehead atoms. The molecule has 0 amide bonds. The van der Waals surface area contributed by atoms with Crippen molar-refractivity contribution in [1.29, 1.82) is 0 Å². The van der Waals surface area contributed by atoms with E-state index in [2.05, 4.69) is 22.1 Å². The molecule has 1 aliphatic carbocycles. The number of thiophene rings is 1. The van der Waals surface area contributed by atoms with Crippen LogP contribution in [0.1, 0.15) is 17.5 Å². The number of H-pyrrole nitrogens is 2. The number of nitrogens with zero attached hydrogens (tertiary/aromatic N) is 1. The van der Waals surface area contributed by atoms with Gasteiger partial charge in [0.15, 0.2) is 4.77 Å². The molecule has 0 atom stereocenters. The van der Waals surface area contributed by atoms with Crippen molar-refractivity contribution < 1.29 is 0 Å². The van der Waals surface area contributed by atoms with E-state index < -0.39 is 0 Å². The Labute approximate surface area is 146 Å². The minimum absolute atomic E-state index is 0.134. The molecule has 24 heavy (non-hydrogen) atoms. The van der Waals surface area contributed by atoms with Gasteiger partial charge in [0.25, 0.3) is 5.56 Å². The lowest BCUT2D eigenvalue weighted by atomic mass is 10.0. The number of hydrogen-bond donors (Lipinski definition) is 2. The molecule has 5 rings (SSSR count). The zero-order valence-corrected chi connectivity index (χ0v) is 14.3. The molecule has 0 fully saturated rings. The number of pyridine rings is 1. The third-order valence-corrected chi connectivity index (χ3v) is 5.91. The van der Waals surface area contributed by atoms with Gasteiger partial charge in [-0.2, -0.15) is 0 Å². The highest BCUT2D eigenvalue weighted by Crippen LogP contribution is 2.40. The maximum Gasteiger partial charge on any atom is 0.269 e. The normalized spacial score (nSPS) is 13.7. The molecule has 118 valence electrons. The van der Waals surface area contributed by atoms with Gasteiger partial charge in [0, 0.05) is 10.9 Å². The van der Waals surface area contributed by atoms with E-state index in [0.29, 0.717) is 9.47 Å². The molecule has 4 nitrogen and oxygen atoms in total. The van der Waals surface area contributed by atoms with Crippen molar-refractivity contribution in [3.8, 4) is 11.3 Å². The van der Waals surface area contributed by atoms with Crippen LogP contribution in [0.25, 0.3) is 31.7 Å². The Morgan fingerprint density at radius 1 is 1.08 bits per heavy atom. The summed E-state index contributed by atoms with van der Waals surface area (Å²) in [6.07, 6.45) is 3.18. The van der Waals surface area contributed by atoms with Gasteiger partial charge < -0.3 is 4.98 Å². The Balaban J connectivity index is 1.97. The first kappa shape index (κ1) is 14.1. The molecule has 0 aliphatic heterocycles. The number of rotatable bonds is 1. The highest BCUT2D eigenvalue weighted by Gasteiger charge is 2.24. The van der Waals surface area contributed by atoms with E-state index in [1.165, 1.54) is 22.5 Å². The summed E-state index contributed by atoms with van der Waals surface area (Å²) in [5.74, 6) is 0. The summed E-state index contributed by atoms with van der Waals surface area (Å²) in [4.78, 5) is 24.0. The SMILES string of the molecule is O=c1[nH]c(=S)[nH]c2c1sc1nc(-c3ccccc3)c3c(c12)CCC3. The van der Waals surface area contributed by atoms with Gasteiger partial charge in [-0.1, -0.05) is 30.3 Å². The van der Waals surface area contributed by atoms with Crippen molar-refractivity contribution in [3.05, 3.63) is 56.6 Å². The van der Waals surface area contributed by atoms with Gasteiger partial charge >= 0.3 is 0 Å². The van der Waals surface area contributed by atoms with E-state index in [-0.39, 0.29) is 5.56 Å². The molecule has 0 spiro atoms. The van der Waals surface area contributed by atoms with Gasteiger partial charge in [0.05, 0.1) is 11.2 Å². The number of aryl methyl sites for hydroxylation is 1. The summed E-state index contributed by atoms with van der Waals surface area (Å²) in [6, 6.07) is 10.3. The maximum absolute atomic E-state index is 12.3. The number of benzene rings is 1. The largest absolute Gasteiger partial charge is 0.330 e. The van der Waals surface area contributed by atoms with Crippen LogP contribution in [0.2, 0.25) is 0 Å². The quantitative estimate of drug-likeness (QED) is 0.501. The smallest absolute Gasteiger partial charge is 0.269 e. The first-order valence-electron chi connectivity index (χ1n) is 7.88. The van der Waals surface area contributed by atoms with Gasteiger partial charge in [-0.3, -0.25) is 9.78 Å². The van der Waals surface area contributed by atoms with Crippen molar-refractivity contribution in [3.63, 3.8) is 0 Å². The summed E-state index contributed by atoms with van der Waals surface area (Å²) < 4.78 is 1.04. The maximum atomic E-state index is 12.3. The van der Waals surface area contributed by atoms with Crippen LogP contribution in [0.15, 0.2) is 35.1 Å².